The molecule has 0 aliphatic heterocycles. The number of esters is 1. The van der Waals surface area contributed by atoms with Crippen molar-refractivity contribution in [3.8, 4) is 0 Å². The molecule has 0 amide bonds. The number of hydrogen-bond acceptors (Lipinski definition) is 4. The lowest BCUT2D eigenvalue weighted by molar-refractivity contribution is -0.151. The average molecular weight is 238 g/mol. The monoisotopic (exact) mass is 238 g/mol. The van der Waals surface area contributed by atoms with Gasteiger partial charge in [0.1, 0.15) is 0 Å². The number of carbonyl (C=O) groups is 1. The van der Waals surface area contributed by atoms with Gasteiger partial charge < -0.3 is 4.74 Å². The Labute approximate surface area is 100 Å². The molecule has 0 aromatic carbocycles. The fourth-order valence-corrected chi connectivity index (χ4v) is 1.70. The Kier molecular flexibility index (Phi) is 3.70. The lowest BCUT2D eigenvalue weighted by Crippen LogP contribution is -2.37. The van der Waals surface area contributed by atoms with Gasteiger partial charge in [0.2, 0.25) is 0 Å². The minimum absolute atomic E-state index is 0.262. The molecule has 0 saturated heterocycles. The van der Waals surface area contributed by atoms with E-state index in [0.29, 0.717) is 5.69 Å². The van der Waals surface area contributed by atoms with Gasteiger partial charge in [-0.2, -0.15) is 4.98 Å². The van der Waals surface area contributed by atoms with Crippen LogP contribution in [-0.2, 0) is 16.1 Å². The van der Waals surface area contributed by atoms with Crippen LogP contribution >= 0.6 is 0 Å². The van der Waals surface area contributed by atoms with Gasteiger partial charge in [-0.25, -0.2) is 4.79 Å². The van der Waals surface area contributed by atoms with Crippen LogP contribution in [0.1, 0.15) is 25.2 Å². The molecule has 0 bridgehead atoms. The van der Waals surface area contributed by atoms with E-state index in [1.54, 1.807) is 20.8 Å². The molecular formula is C12H18N2O3. The molecule has 17 heavy (non-hydrogen) atoms. The zero-order valence-corrected chi connectivity index (χ0v) is 10.9. The van der Waals surface area contributed by atoms with Crippen molar-refractivity contribution in [2.75, 3.05) is 7.11 Å². The maximum absolute atomic E-state index is 11.7. The third-order valence-electron chi connectivity index (χ3n) is 2.64. The summed E-state index contributed by atoms with van der Waals surface area (Å²) < 4.78 is 6.21. The second kappa shape index (κ2) is 4.69. The molecule has 0 N–H and O–H groups in total. The van der Waals surface area contributed by atoms with Gasteiger partial charge in [-0.1, -0.05) is 0 Å². The summed E-state index contributed by atoms with van der Waals surface area (Å²) >= 11 is 0. The highest BCUT2D eigenvalue weighted by atomic mass is 16.5. The standard InChI is InChI=1S/C12H18N2O3/c1-8-6-9(2)14(11(16)13-8)7-12(3,4)10(15)17-5/h6H,7H2,1-5H3. The first-order valence-corrected chi connectivity index (χ1v) is 5.41. The van der Waals surface area contributed by atoms with E-state index in [2.05, 4.69) is 4.98 Å². The Hall–Kier alpha value is -1.65. The van der Waals surface area contributed by atoms with Gasteiger partial charge in [0.15, 0.2) is 0 Å². The van der Waals surface area contributed by atoms with Crippen LogP contribution in [0.5, 0.6) is 0 Å². The summed E-state index contributed by atoms with van der Waals surface area (Å²) in [6.45, 7) is 7.33. The van der Waals surface area contributed by atoms with Crippen molar-refractivity contribution in [1.29, 1.82) is 0 Å². The summed E-state index contributed by atoms with van der Waals surface area (Å²) in [5.74, 6) is -0.343. The van der Waals surface area contributed by atoms with Crippen LogP contribution in [0.25, 0.3) is 0 Å². The number of aromatic nitrogens is 2. The third-order valence-corrected chi connectivity index (χ3v) is 2.64. The quantitative estimate of drug-likeness (QED) is 0.739. The number of ether oxygens (including phenoxy) is 1. The summed E-state index contributed by atoms with van der Waals surface area (Å²) in [5, 5.41) is 0. The molecule has 0 saturated carbocycles. The first-order chi connectivity index (χ1) is 7.77. The Bertz CT molecular complexity index is 489. The second-order valence-electron chi connectivity index (χ2n) is 4.78. The maximum atomic E-state index is 11.7. The first-order valence-electron chi connectivity index (χ1n) is 5.41. The third kappa shape index (κ3) is 2.93. The molecule has 0 atom stereocenters. The van der Waals surface area contributed by atoms with Crippen molar-refractivity contribution in [3.05, 3.63) is 27.9 Å². The van der Waals surface area contributed by atoms with E-state index < -0.39 is 5.41 Å². The smallest absolute Gasteiger partial charge is 0.347 e. The summed E-state index contributed by atoms with van der Waals surface area (Å²) in [7, 11) is 1.34. The Balaban J connectivity index is 3.12. The van der Waals surface area contributed by atoms with Crippen molar-refractivity contribution < 1.29 is 9.53 Å². The van der Waals surface area contributed by atoms with Gasteiger partial charge in [-0.15, -0.1) is 0 Å². The van der Waals surface area contributed by atoms with E-state index in [9.17, 15) is 9.59 Å². The number of nitrogens with zero attached hydrogens (tertiary/aromatic N) is 2. The van der Waals surface area contributed by atoms with E-state index in [1.165, 1.54) is 11.7 Å². The molecule has 1 heterocycles. The van der Waals surface area contributed by atoms with E-state index >= 15 is 0 Å². The zero-order valence-electron chi connectivity index (χ0n) is 10.9. The average Bonchev–Trinajstić information content (AvgIpc) is 2.22. The molecule has 0 aliphatic carbocycles. The normalized spacial score (nSPS) is 11.4. The number of hydrogen-bond donors (Lipinski definition) is 0. The van der Waals surface area contributed by atoms with Crippen LogP contribution in [0, 0.1) is 19.3 Å². The Morgan fingerprint density at radius 3 is 2.53 bits per heavy atom. The second-order valence-corrected chi connectivity index (χ2v) is 4.78. The van der Waals surface area contributed by atoms with E-state index in [-0.39, 0.29) is 18.2 Å². The molecule has 0 aliphatic rings. The van der Waals surface area contributed by atoms with Crippen LogP contribution < -0.4 is 5.69 Å². The van der Waals surface area contributed by atoms with Crippen molar-refractivity contribution >= 4 is 5.97 Å². The summed E-state index contributed by atoms with van der Waals surface area (Å²) in [6, 6.07) is 1.81. The molecule has 5 heteroatoms. The van der Waals surface area contributed by atoms with Crippen LogP contribution in [0.2, 0.25) is 0 Å². The van der Waals surface area contributed by atoms with Gasteiger partial charge in [0.25, 0.3) is 0 Å². The minimum Gasteiger partial charge on any atom is -0.469 e. The lowest BCUT2D eigenvalue weighted by Gasteiger charge is -2.23. The van der Waals surface area contributed by atoms with Crippen molar-refractivity contribution in [2.45, 2.75) is 34.2 Å². The lowest BCUT2D eigenvalue weighted by atomic mass is 9.93. The van der Waals surface area contributed by atoms with Gasteiger partial charge >= 0.3 is 11.7 Å². The molecule has 0 spiro atoms. The minimum atomic E-state index is -0.750. The highest BCUT2D eigenvalue weighted by Gasteiger charge is 2.30. The van der Waals surface area contributed by atoms with Gasteiger partial charge in [0.05, 0.1) is 12.5 Å². The molecule has 94 valence electrons. The first kappa shape index (κ1) is 13.4. The zero-order chi connectivity index (χ0) is 13.2. The molecule has 0 radical (unpaired) electrons. The predicted molar refractivity (Wildman–Crippen MR) is 63.8 cm³/mol. The van der Waals surface area contributed by atoms with Crippen LogP contribution in [0.4, 0.5) is 0 Å². The van der Waals surface area contributed by atoms with Crippen molar-refractivity contribution in [2.24, 2.45) is 5.41 Å². The molecule has 0 fully saturated rings. The van der Waals surface area contributed by atoms with Crippen LogP contribution in [-0.4, -0.2) is 22.6 Å². The SMILES string of the molecule is COC(=O)C(C)(C)Cn1c(C)cc(C)nc1=O. The van der Waals surface area contributed by atoms with Crippen molar-refractivity contribution in [3.63, 3.8) is 0 Å². The van der Waals surface area contributed by atoms with Crippen molar-refractivity contribution in [1.82, 2.24) is 9.55 Å². The van der Waals surface area contributed by atoms with E-state index in [1.807, 2.05) is 13.0 Å². The number of aryl methyl sites for hydroxylation is 2. The fourth-order valence-electron chi connectivity index (χ4n) is 1.70. The summed E-state index contributed by atoms with van der Waals surface area (Å²) in [5.41, 5.74) is 0.388. The molecule has 1 rings (SSSR count). The van der Waals surface area contributed by atoms with Gasteiger partial charge in [-0.05, 0) is 33.8 Å². The van der Waals surface area contributed by atoms with Crippen LogP contribution in [0.15, 0.2) is 10.9 Å². The highest BCUT2D eigenvalue weighted by Crippen LogP contribution is 2.19. The summed E-state index contributed by atoms with van der Waals surface area (Å²) in [4.78, 5) is 27.2. The van der Waals surface area contributed by atoms with Gasteiger partial charge in [-0.3, -0.25) is 9.36 Å². The highest BCUT2D eigenvalue weighted by molar-refractivity contribution is 5.75. The number of carbonyl (C=O) groups excluding carboxylic acids is 1. The predicted octanol–water partition coefficient (Wildman–Crippen LogP) is 1.06. The molecule has 1 aromatic rings. The molecule has 1 aromatic heterocycles. The largest absolute Gasteiger partial charge is 0.469 e. The van der Waals surface area contributed by atoms with Crippen LogP contribution in [0.3, 0.4) is 0 Å². The maximum Gasteiger partial charge on any atom is 0.347 e. The van der Waals surface area contributed by atoms with E-state index in [0.717, 1.165) is 5.69 Å². The summed E-state index contributed by atoms with van der Waals surface area (Å²) in [6.07, 6.45) is 0. The topological polar surface area (TPSA) is 61.2 Å². The molecule has 0 unspecified atom stereocenters. The number of rotatable bonds is 3. The number of methoxy groups -OCH3 is 1. The molecule has 5 nitrogen and oxygen atoms in total. The van der Waals surface area contributed by atoms with Gasteiger partial charge in [0, 0.05) is 17.9 Å². The molecular weight excluding hydrogens is 220 g/mol. The fraction of sp³-hybridized carbons (Fsp3) is 0.583. The Morgan fingerprint density at radius 1 is 1.47 bits per heavy atom. The van der Waals surface area contributed by atoms with E-state index in [4.69, 9.17) is 4.74 Å². The Morgan fingerprint density at radius 2 is 2.06 bits per heavy atom.